The van der Waals surface area contributed by atoms with Crippen molar-refractivity contribution in [2.24, 2.45) is 0 Å². The zero-order valence-corrected chi connectivity index (χ0v) is 12.7. The average Bonchev–Trinajstić information content (AvgIpc) is 2.75. The maximum Gasteiger partial charge on any atom is 0.247 e. The molecule has 1 saturated heterocycles. The summed E-state index contributed by atoms with van der Waals surface area (Å²) in [5.74, 6) is -1.04. The van der Waals surface area contributed by atoms with Gasteiger partial charge in [-0.05, 0) is 32.8 Å². The second-order valence-electron chi connectivity index (χ2n) is 6.68. The number of amides is 1. The van der Waals surface area contributed by atoms with E-state index in [-0.39, 0.29) is 23.8 Å². The number of hydrogen-bond donors (Lipinski definition) is 1. The van der Waals surface area contributed by atoms with E-state index in [1.165, 1.54) is 25.3 Å². The lowest BCUT2D eigenvalue weighted by Crippen LogP contribution is -2.41. The molecule has 21 heavy (non-hydrogen) atoms. The molecule has 2 fully saturated rings. The van der Waals surface area contributed by atoms with Crippen molar-refractivity contribution < 1.29 is 19.1 Å². The fourth-order valence-electron chi connectivity index (χ4n) is 3.44. The lowest BCUT2D eigenvalue weighted by molar-refractivity contribution is -0.152. The number of ether oxygens (including phenoxy) is 2. The highest BCUT2D eigenvalue weighted by Crippen LogP contribution is 2.35. The Hall–Kier alpha value is -1.20. The molecule has 5 nitrogen and oxygen atoms in total. The molecule has 2 aliphatic carbocycles. The second kappa shape index (κ2) is 5.54. The molecule has 5 heteroatoms. The molecule has 0 aromatic rings. The summed E-state index contributed by atoms with van der Waals surface area (Å²) in [7, 11) is 0. The summed E-state index contributed by atoms with van der Waals surface area (Å²) in [5.41, 5.74) is 0.521. The third kappa shape index (κ3) is 3.19. The van der Waals surface area contributed by atoms with Crippen molar-refractivity contribution >= 4 is 11.7 Å². The predicted molar refractivity (Wildman–Crippen MR) is 76.5 cm³/mol. The monoisotopic (exact) mass is 293 g/mol. The first-order valence-corrected chi connectivity index (χ1v) is 7.85. The highest BCUT2D eigenvalue weighted by Gasteiger charge is 2.47. The molecular weight excluding hydrogens is 270 g/mol. The molecule has 1 aliphatic heterocycles. The molecule has 0 aromatic carbocycles. The zero-order valence-electron chi connectivity index (χ0n) is 12.7. The van der Waals surface area contributed by atoms with Crippen LogP contribution in [0.3, 0.4) is 0 Å². The zero-order chi connectivity index (χ0) is 15.0. The summed E-state index contributed by atoms with van der Waals surface area (Å²) < 4.78 is 11.3. The molecule has 116 valence electrons. The minimum absolute atomic E-state index is 0.123. The number of ketones is 1. The Balaban J connectivity index is 1.65. The third-order valence-electron chi connectivity index (χ3n) is 4.43. The summed E-state index contributed by atoms with van der Waals surface area (Å²) >= 11 is 0. The van der Waals surface area contributed by atoms with E-state index in [0.717, 1.165) is 12.8 Å². The van der Waals surface area contributed by atoms with Crippen molar-refractivity contribution in [2.45, 2.75) is 76.4 Å². The van der Waals surface area contributed by atoms with Gasteiger partial charge in [0.25, 0.3) is 0 Å². The van der Waals surface area contributed by atoms with Crippen LogP contribution < -0.4 is 5.32 Å². The van der Waals surface area contributed by atoms with E-state index < -0.39 is 11.9 Å². The Kier molecular flexibility index (Phi) is 3.88. The quantitative estimate of drug-likeness (QED) is 0.844. The molecule has 3 aliphatic rings. The van der Waals surface area contributed by atoms with Crippen molar-refractivity contribution in [3.8, 4) is 0 Å². The third-order valence-corrected chi connectivity index (χ3v) is 4.43. The van der Waals surface area contributed by atoms with E-state index in [2.05, 4.69) is 5.32 Å². The minimum atomic E-state index is -0.756. The molecule has 1 saturated carbocycles. The van der Waals surface area contributed by atoms with Gasteiger partial charge in [0.1, 0.15) is 6.10 Å². The standard InChI is InChI=1S/C16H23NO4/c1-16(2)20-13-9-10(8-12(18)14(13)21-16)15(19)17-11-6-4-3-5-7-11/h8,11,13-14H,3-7,9H2,1-2H3,(H,17,19)/t13-,14+/m1/s1. The minimum Gasteiger partial charge on any atom is -0.350 e. The van der Waals surface area contributed by atoms with Crippen molar-refractivity contribution in [2.75, 3.05) is 0 Å². The van der Waals surface area contributed by atoms with E-state index >= 15 is 0 Å². The number of carbonyl (C=O) groups excluding carboxylic acids is 2. The second-order valence-corrected chi connectivity index (χ2v) is 6.68. The highest BCUT2D eigenvalue weighted by molar-refractivity contribution is 6.05. The van der Waals surface area contributed by atoms with Gasteiger partial charge in [-0.2, -0.15) is 0 Å². The molecule has 3 rings (SSSR count). The molecule has 0 aromatic heterocycles. The van der Waals surface area contributed by atoms with Crippen LogP contribution in [0.1, 0.15) is 52.4 Å². The molecule has 1 N–H and O–H groups in total. The van der Waals surface area contributed by atoms with Gasteiger partial charge in [-0.25, -0.2) is 0 Å². The number of rotatable bonds is 2. The van der Waals surface area contributed by atoms with Gasteiger partial charge in [-0.1, -0.05) is 19.3 Å². The van der Waals surface area contributed by atoms with Crippen molar-refractivity contribution in [3.63, 3.8) is 0 Å². The van der Waals surface area contributed by atoms with Gasteiger partial charge in [0.15, 0.2) is 11.6 Å². The Bertz CT molecular complexity index is 477. The largest absolute Gasteiger partial charge is 0.350 e. The fraction of sp³-hybridized carbons (Fsp3) is 0.750. The van der Waals surface area contributed by atoms with Crippen LogP contribution in [0.15, 0.2) is 11.6 Å². The van der Waals surface area contributed by atoms with Crippen LogP contribution in [0.2, 0.25) is 0 Å². The normalized spacial score (nSPS) is 32.5. The van der Waals surface area contributed by atoms with Gasteiger partial charge in [-0.15, -0.1) is 0 Å². The first-order chi connectivity index (χ1) is 9.94. The van der Waals surface area contributed by atoms with Gasteiger partial charge >= 0.3 is 0 Å². The first-order valence-electron chi connectivity index (χ1n) is 7.85. The molecule has 0 bridgehead atoms. The molecule has 0 spiro atoms. The fourth-order valence-corrected chi connectivity index (χ4v) is 3.44. The molecule has 0 unspecified atom stereocenters. The predicted octanol–water partition coefficient (Wildman–Crippen LogP) is 1.85. The summed E-state index contributed by atoms with van der Waals surface area (Å²) in [6, 6.07) is 0.247. The maximum absolute atomic E-state index is 12.3. The summed E-state index contributed by atoms with van der Waals surface area (Å²) in [6.07, 6.45) is 6.62. The Morgan fingerprint density at radius 3 is 2.67 bits per heavy atom. The van der Waals surface area contributed by atoms with Gasteiger partial charge in [0.2, 0.25) is 5.91 Å². The molecule has 1 heterocycles. The van der Waals surface area contributed by atoms with Crippen LogP contribution in [-0.2, 0) is 19.1 Å². The first kappa shape index (κ1) is 14.7. The molecule has 2 atom stereocenters. The number of nitrogens with one attached hydrogen (secondary N) is 1. The Labute approximate surface area is 125 Å². The van der Waals surface area contributed by atoms with Gasteiger partial charge in [0.05, 0.1) is 6.10 Å². The van der Waals surface area contributed by atoms with Crippen molar-refractivity contribution in [1.82, 2.24) is 5.32 Å². The number of fused-ring (bicyclic) bond motifs is 1. The number of hydrogen-bond acceptors (Lipinski definition) is 4. The van der Waals surface area contributed by atoms with Crippen LogP contribution in [0.5, 0.6) is 0 Å². The molecule has 0 radical (unpaired) electrons. The SMILES string of the molecule is CC1(C)O[C@@H]2CC(C(=O)NC3CCCCC3)=CC(=O)[C@@H]2O1. The van der Waals surface area contributed by atoms with Gasteiger partial charge < -0.3 is 14.8 Å². The van der Waals surface area contributed by atoms with Crippen LogP contribution in [0, 0.1) is 0 Å². The van der Waals surface area contributed by atoms with Crippen molar-refractivity contribution in [3.05, 3.63) is 11.6 Å². The van der Waals surface area contributed by atoms with Crippen LogP contribution in [0.25, 0.3) is 0 Å². The van der Waals surface area contributed by atoms with E-state index in [4.69, 9.17) is 9.47 Å². The summed E-state index contributed by atoms with van der Waals surface area (Å²) in [5, 5.41) is 3.05. The molecule has 1 amide bonds. The van der Waals surface area contributed by atoms with E-state index in [1.807, 2.05) is 0 Å². The Morgan fingerprint density at radius 1 is 1.24 bits per heavy atom. The van der Waals surface area contributed by atoms with E-state index in [0.29, 0.717) is 12.0 Å². The summed E-state index contributed by atoms with van der Waals surface area (Å²) in [6.45, 7) is 3.58. The van der Waals surface area contributed by atoms with Crippen LogP contribution in [0.4, 0.5) is 0 Å². The highest BCUT2D eigenvalue weighted by atomic mass is 16.8. The van der Waals surface area contributed by atoms with E-state index in [9.17, 15) is 9.59 Å². The summed E-state index contributed by atoms with van der Waals surface area (Å²) in [4.78, 5) is 24.4. The van der Waals surface area contributed by atoms with Crippen LogP contribution >= 0.6 is 0 Å². The lowest BCUT2D eigenvalue weighted by Gasteiger charge is -2.25. The molecular formula is C16H23NO4. The van der Waals surface area contributed by atoms with Crippen molar-refractivity contribution in [1.29, 1.82) is 0 Å². The van der Waals surface area contributed by atoms with Crippen LogP contribution in [-0.4, -0.2) is 35.7 Å². The average molecular weight is 293 g/mol. The Morgan fingerprint density at radius 2 is 1.95 bits per heavy atom. The van der Waals surface area contributed by atoms with Gasteiger partial charge in [0, 0.05) is 18.0 Å². The topological polar surface area (TPSA) is 64.6 Å². The maximum atomic E-state index is 12.3. The smallest absolute Gasteiger partial charge is 0.247 e. The van der Waals surface area contributed by atoms with E-state index in [1.54, 1.807) is 13.8 Å². The lowest BCUT2D eigenvalue weighted by atomic mass is 9.91. The van der Waals surface area contributed by atoms with Gasteiger partial charge in [-0.3, -0.25) is 9.59 Å². The number of carbonyl (C=O) groups is 2.